The Morgan fingerprint density at radius 1 is 1.06 bits per heavy atom. The lowest BCUT2D eigenvalue weighted by molar-refractivity contribution is -0.118. The molecule has 0 radical (unpaired) electrons. The maximum Gasteiger partial charge on any atom is 0.253 e. The van der Waals surface area contributed by atoms with E-state index >= 15 is 0 Å². The van der Waals surface area contributed by atoms with Crippen LogP contribution in [0.2, 0.25) is 0 Å². The van der Waals surface area contributed by atoms with Crippen LogP contribution >= 0.6 is 0 Å². The first kappa shape index (κ1) is 21.1. The first-order valence-electron chi connectivity index (χ1n) is 11.1. The van der Waals surface area contributed by atoms with Crippen molar-refractivity contribution in [3.63, 3.8) is 0 Å². The van der Waals surface area contributed by atoms with Gasteiger partial charge >= 0.3 is 0 Å². The minimum absolute atomic E-state index is 0. The molecule has 1 amide bonds. The van der Waals surface area contributed by atoms with Crippen LogP contribution in [0.3, 0.4) is 0 Å². The van der Waals surface area contributed by atoms with Gasteiger partial charge in [-0.15, -0.1) is 0 Å². The predicted molar refractivity (Wildman–Crippen MR) is 124 cm³/mol. The van der Waals surface area contributed by atoms with Gasteiger partial charge in [0.25, 0.3) is 5.91 Å². The van der Waals surface area contributed by atoms with Gasteiger partial charge in [-0.1, -0.05) is 12.1 Å². The molecule has 172 valence electrons. The SMILES string of the molecule is COc1cc(C(=O)N2CCC3(CC2)Oc2ccccc2-n2cccc23)ccc1OCC(C)=O.[HH]. The molecule has 0 aliphatic carbocycles. The van der Waals surface area contributed by atoms with Crippen molar-refractivity contribution < 1.29 is 25.2 Å². The second-order valence-electron chi connectivity index (χ2n) is 8.48. The van der Waals surface area contributed by atoms with E-state index in [0.717, 1.165) is 17.1 Å². The summed E-state index contributed by atoms with van der Waals surface area (Å²) in [5.41, 5.74) is 2.25. The quantitative estimate of drug-likeness (QED) is 0.584. The minimum Gasteiger partial charge on any atom is -0.493 e. The molecule has 1 saturated heterocycles. The number of methoxy groups -OCH3 is 1. The first-order valence-corrected chi connectivity index (χ1v) is 11.1. The lowest BCUT2D eigenvalue weighted by atomic mass is 9.86. The molecule has 2 aliphatic heterocycles. The molecule has 1 fully saturated rings. The van der Waals surface area contributed by atoms with Crippen molar-refractivity contribution in [3.8, 4) is 22.9 Å². The number of carbonyl (C=O) groups excluding carboxylic acids is 2. The highest BCUT2D eigenvalue weighted by Crippen LogP contribution is 2.45. The van der Waals surface area contributed by atoms with E-state index in [1.54, 1.807) is 18.2 Å². The third-order valence-corrected chi connectivity index (χ3v) is 6.35. The van der Waals surface area contributed by atoms with E-state index in [0.29, 0.717) is 43.0 Å². The lowest BCUT2D eigenvalue weighted by Crippen LogP contribution is -2.50. The van der Waals surface area contributed by atoms with Crippen molar-refractivity contribution in [2.75, 3.05) is 26.8 Å². The molecule has 0 bridgehead atoms. The number of piperidine rings is 1. The van der Waals surface area contributed by atoms with E-state index < -0.39 is 5.60 Å². The predicted octanol–water partition coefficient (Wildman–Crippen LogP) is 4.22. The van der Waals surface area contributed by atoms with Crippen LogP contribution in [0.15, 0.2) is 60.8 Å². The third kappa shape index (κ3) is 3.73. The summed E-state index contributed by atoms with van der Waals surface area (Å²) in [6, 6.07) is 17.3. The van der Waals surface area contributed by atoms with Gasteiger partial charge in [-0.3, -0.25) is 9.59 Å². The second kappa shape index (κ2) is 8.31. The number of amides is 1. The van der Waals surface area contributed by atoms with Crippen LogP contribution in [-0.2, 0) is 10.4 Å². The van der Waals surface area contributed by atoms with E-state index in [4.69, 9.17) is 14.2 Å². The average Bonchev–Trinajstić information content (AvgIpc) is 3.34. The molecule has 2 aliphatic rings. The summed E-state index contributed by atoms with van der Waals surface area (Å²) >= 11 is 0. The number of para-hydroxylation sites is 2. The number of aromatic nitrogens is 1. The summed E-state index contributed by atoms with van der Waals surface area (Å²) < 4.78 is 19.6. The Morgan fingerprint density at radius 3 is 2.61 bits per heavy atom. The van der Waals surface area contributed by atoms with Gasteiger partial charge < -0.3 is 23.7 Å². The average molecular weight is 449 g/mol. The largest absolute Gasteiger partial charge is 0.493 e. The van der Waals surface area contributed by atoms with Crippen molar-refractivity contribution in [2.24, 2.45) is 0 Å². The maximum atomic E-state index is 13.2. The molecule has 7 nitrogen and oxygen atoms in total. The van der Waals surface area contributed by atoms with Crippen molar-refractivity contribution >= 4 is 11.7 Å². The maximum absolute atomic E-state index is 13.2. The fourth-order valence-electron chi connectivity index (χ4n) is 4.68. The van der Waals surface area contributed by atoms with Crippen LogP contribution in [-0.4, -0.2) is 48.0 Å². The van der Waals surface area contributed by atoms with E-state index in [9.17, 15) is 9.59 Å². The Kier molecular flexibility index (Phi) is 5.32. The molecule has 0 saturated carbocycles. The highest BCUT2D eigenvalue weighted by atomic mass is 16.5. The number of ether oxygens (including phenoxy) is 3. The van der Waals surface area contributed by atoms with Gasteiger partial charge in [-0.05, 0) is 49.4 Å². The van der Waals surface area contributed by atoms with Gasteiger partial charge in [-0.25, -0.2) is 0 Å². The van der Waals surface area contributed by atoms with Gasteiger partial charge in [0.05, 0.1) is 18.5 Å². The molecular formula is C26H28N2O5. The number of ketones is 1. The zero-order valence-corrected chi connectivity index (χ0v) is 18.7. The number of Topliss-reactive ketones (excluding diaryl/α,β-unsaturated/α-hetero) is 1. The fourth-order valence-corrected chi connectivity index (χ4v) is 4.68. The molecule has 1 aromatic heterocycles. The van der Waals surface area contributed by atoms with Gasteiger partial charge in [0.15, 0.2) is 22.9 Å². The van der Waals surface area contributed by atoms with Crippen molar-refractivity contribution in [3.05, 3.63) is 72.1 Å². The molecule has 3 heterocycles. The Balaban J connectivity index is 0.00000274. The molecule has 1 spiro atoms. The van der Waals surface area contributed by atoms with Crippen molar-refractivity contribution in [1.29, 1.82) is 0 Å². The van der Waals surface area contributed by atoms with Crippen LogP contribution in [0.25, 0.3) is 5.69 Å². The van der Waals surface area contributed by atoms with Crippen LogP contribution in [0, 0.1) is 0 Å². The van der Waals surface area contributed by atoms with E-state index in [-0.39, 0.29) is 19.7 Å². The summed E-state index contributed by atoms with van der Waals surface area (Å²) in [5, 5.41) is 0. The van der Waals surface area contributed by atoms with Crippen LogP contribution in [0.4, 0.5) is 0 Å². The van der Waals surface area contributed by atoms with E-state index in [2.05, 4.69) is 22.9 Å². The standard InChI is InChI=1S/C26H26N2O5.H2/c1-18(29)17-32-22-10-9-19(16-23(22)31-2)25(30)27-14-11-26(12-15-27)24-8-5-13-28(24)20-6-3-4-7-21(20)33-26;/h3-10,13,16H,11-12,14-15,17H2,1-2H3;1H. The normalized spacial score (nSPS) is 15.9. The summed E-state index contributed by atoms with van der Waals surface area (Å²) in [6.07, 6.45) is 3.47. The zero-order valence-electron chi connectivity index (χ0n) is 18.7. The molecular weight excluding hydrogens is 420 g/mol. The number of hydrogen-bond donors (Lipinski definition) is 0. The fraction of sp³-hybridized carbons (Fsp3) is 0.308. The first-order chi connectivity index (χ1) is 16.0. The Hall–Kier alpha value is -3.74. The number of fused-ring (bicyclic) bond motifs is 4. The Labute approximate surface area is 194 Å². The van der Waals surface area contributed by atoms with Crippen molar-refractivity contribution in [2.45, 2.75) is 25.4 Å². The van der Waals surface area contributed by atoms with Crippen LogP contribution in [0.1, 0.15) is 37.2 Å². The molecule has 0 unspecified atom stereocenters. The number of hydrogen-bond acceptors (Lipinski definition) is 5. The third-order valence-electron chi connectivity index (χ3n) is 6.35. The van der Waals surface area contributed by atoms with Crippen LogP contribution in [0.5, 0.6) is 17.2 Å². The number of carbonyl (C=O) groups is 2. The monoisotopic (exact) mass is 448 g/mol. The molecule has 0 atom stereocenters. The van der Waals surface area contributed by atoms with Crippen LogP contribution < -0.4 is 14.2 Å². The van der Waals surface area contributed by atoms with E-state index in [1.807, 2.05) is 29.2 Å². The van der Waals surface area contributed by atoms with Gasteiger partial charge in [0.1, 0.15) is 12.4 Å². The summed E-state index contributed by atoms with van der Waals surface area (Å²) in [4.78, 5) is 26.3. The van der Waals surface area contributed by atoms with Gasteiger partial charge in [-0.2, -0.15) is 0 Å². The summed E-state index contributed by atoms with van der Waals surface area (Å²) in [7, 11) is 1.52. The number of nitrogens with zero attached hydrogens (tertiary/aromatic N) is 2. The number of rotatable bonds is 5. The summed E-state index contributed by atoms with van der Waals surface area (Å²) in [6.45, 7) is 2.58. The zero-order chi connectivity index (χ0) is 23.0. The smallest absolute Gasteiger partial charge is 0.253 e. The minimum atomic E-state index is -0.448. The molecule has 33 heavy (non-hydrogen) atoms. The Bertz CT molecular complexity index is 1210. The molecule has 2 aromatic carbocycles. The van der Waals surface area contributed by atoms with E-state index in [1.165, 1.54) is 14.0 Å². The van der Waals surface area contributed by atoms with Crippen molar-refractivity contribution in [1.82, 2.24) is 9.47 Å². The highest BCUT2D eigenvalue weighted by Gasteiger charge is 2.44. The Morgan fingerprint density at radius 2 is 1.85 bits per heavy atom. The topological polar surface area (TPSA) is 70.0 Å². The second-order valence-corrected chi connectivity index (χ2v) is 8.48. The number of benzene rings is 2. The highest BCUT2D eigenvalue weighted by molar-refractivity contribution is 5.95. The molecule has 5 rings (SSSR count). The summed E-state index contributed by atoms with van der Waals surface area (Å²) in [5.74, 6) is 1.59. The molecule has 0 N–H and O–H groups in total. The lowest BCUT2D eigenvalue weighted by Gasteiger charge is -2.45. The van der Waals surface area contributed by atoms with Gasteiger partial charge in [0.2, 0.25) is 0 Å². The molecule has 3 aromatic rings. The van der Waals surface area contributed by atoms with Gasteiger partial charge in [0, 0.05) is 39.1 Å². The molecule has 7 heteroatoms. The number of likely N-dealkylation sites (tertiary alicyclic amines) is 1.